The van der Waals surface area contributed by atoms with E-state index in [2.05, 4.69) is 0 Å². The maximum atomic E-state index is 12.6. The van der Waals surface area contributed by atoms with Gasteiger partial charge in [-0.2, -0.15) is 13.2 Å². The molecule has 1 aliphatic heterocycles. The molecule has 2 nitrogen and oxygen atoms in total. The molecule has 0 atom stereocenters. The predicted octanol–water partition coefficient (Wildman–Crippen LogP) is 5.11. The molecule has 1 fully saturated rings. The maximum absolute atomic E-state index is 12.6. The van der Waals surface area contributed by atoms with Crippen molar-refractivity contribution in [1.29, 1.82) is 0 Å². The van der Waals surface area contributed by atoms with Gasteiger partial charge in [0.15, 0.2) is 0 Å². The Bertz CT molecular complexity index is 830. The quantitative estimate of drug-likeness (QED) is 0.546. The minimum atomic E-state index is -4.38. The first-order chi connectivity index (χ1) is 11.8. The Kier molecular flexibility index (Phi) is 4.96. The van der Waals surface area contributed by atoms with Crippen molar-refractivity contribution in [3.05, 3.63) is 76.2 Å². The van der Waals surface area contributed by atoms with Gasteiger partial charge in [0, 0.05) is 0 Å². The fourth-order valence-corrected chi connectivity index (χ4v) is 3.58. The first kappa shape index (κ1) is 17.7. The molecule has 25 heavy (non-hydrogen) atoms. The van der Waals surface area contributed by atoms with Gasteiger partial charge in [-0.15, -0.1) is 0 Å². The van der Waals surface area contributed by atoms with Crippen LogP contribution < -0.4 is 0 Å². The van der Waals surface area contributed by atoms with E-state index in [9.17, 15) is 18.0 Å². The Hall–Kier alpha value is -2.12. The summed E-state index contributed by atoms with van der Waals surface area (Å²) in [7, 11) is 0. The summed E-state index contributed by atoms with van der Waals surface area (Å²) in [5.41, 5.74) is 0.754. The van der Waals surface area contributed by atoms with Crippen molar-refractivity contribution in [2.75, 3.05) is 0 Å². The number of thiocarbonyl (C=S) groups is 1. The van der Waals surface area contributed by atoms with E-state index >= 15 is 0 Å². The molecule has 0 saturated carbocycles. The number of halogens is 3. The van der Waals surface area contributed by atoms with Crippen LogP contribution in [0.15, 0.2) is 59.5 Å². The highest BCUT2D eigenvalue weighted by Gasteiger charge is 2.32. The van der Waals surface area contributed by atoms with Crippen molar-refractivity contribution in [2.24, 2.45) is 0 Å². The van der Waals surface area contributed by atoms with Crippen LogP contribution >= 0.6 is 24.0 Å². The minimum absolute atomic E-state index is 0.237. The van der Waals surface area contributed by atoms with Crippen molar-refractivity contribution in [3.63, 3.8) is 0 Å². The van der Waals surface area contributed by atoms with Crippen LogP contribution in [0.1, 0.15) is 16.7 Å². The van der Waals surface area contributed by atoms with Gasteiger partial charge in [0.25, 0.3) is 5.91 Å². The summed E-state index contributed by atoms with van der Waals surface area (Å²) in [6.45, 7) is 0.371. The van der Waals surface area contributed by atoms with Gasteiger partial charge in [-0.05, 0) is 29.3 Å². The van der Waals surface area contributed by atoms with Crippen LogP contribution in [-0.2, 0) is 17.5 Å². The van der Waals surface area contributed by atoms with Crippen molar-refractivity contribution in [2.45, 2.75) is 12.7 Å². The highest BCUT2D eigenvalue weighted by atomic mass is 32.2. The molecular weight excluding hydrogens is 367 g/mol. The zero-order valence-electron chi connectivity index (χ0n) is 12.8. The molecular formula is C18H12F3NOS2. The SMILES string of the molecule is O=C1/C(=C\c2ccc(C(F)(F)F)cc2)SC(=S)N1Cc1ccccc1. The fraction of sp³-hybridized carbons (Fsp3) is 0.111. The van der Waals surface area contributed by atoms with Crippen LogP contribution in [0, 0.1) is 0 Å². The molecule has 0 unspecified atom stereocenters. The summed E-state index contributed by atoms with van der Waals surface area (Å²) in [6.07, 6.45) is -2.82. The molecule has 0 spiro atoms. The summed E-state index contributed by atoms with van der Waals surface area (Å²) in [5, 5.41) is 0. The Morgan fingerprint density at radius 3 is 2.28 bits per heavy atom. The van der Waals surface area contributed by atoms with E-state index in [1.165, 1.54) is 17.0 Å². The highest BCUT2D eigenvalue weighted by molar-refractivity contribution is 8.26. The van der Waals surface area contributed by atoms with Crippen LogP contribution in [0.4, 0.5) is 13.2 Å². The molecule has 0 radical (unpaired) electrons. The number of carbonyl (C=O) groups is 1. The topological polar surface area (TPSA) is 20.3 Å². The molecule has 128 valence electrons. The first-order valence-corrected chi connectivity index (χ1v) is 8.53. The third-order valence-electron chi connectivity index (χ3n) is 3.59. The average molecular weight is 379 g/mol. The van der Waals surface area contributed by atoms with Gasteiger partial charge in [0.1, 0.15) is 4.32 Å². The van der Waals surface area contributed by atoms with Gasteiger partial charge >= 0.3 is 6.18 Å². The molecule has 7 heteroatoms. The average Bonchev–Trinajstić information content (AvgIpc) is 2.83. The number of benzene rings is 2. The number of carbonyl (C=O) groups excluding carboxylic acids is 1. The van der Waals surface area contributed by atoms with Crippen LogP contribution in [0.5, 0.6) is 0 Å². The van der Waals surface area contributed by atoms with Gasteiger partial charge in [-0.3, -0.25) is 9.69 Å². The molecule has 1 saturated heterocycles. The monoisotopic (exact) mass is 379 g/mol. The lowest BCUT2D eigenvalue weighted by Crippen LogP contribution is -2.27. The van der Waals surface area contributed by atoms with Crippen molar-refractivity contribution < 1.29 is 18.0 Å². The number of hydrogen-bond acceptors (Lipinski definition) is 3. The van der Waals surface area contributed by atoms with Crippen LogP contribution in [0.25, 0.3) is 6.08 Å². The number of amides is 1. The van der Waals surface area contributed by atoms with Crippen molar-refractivity contribution in [3.8, 4) is 0 Å². The molecule has 2 aromatic rings. The third kappa shape index (κ3) is 4.11. The summed E-state index contributed by atoms with van der Waals surface area (Å²) in [5.74, 6) is -0.237. The first-order valence-electron chi connectivity index (χ1n) is 7.31. The summed E-state index contributed by atoms with van der Waals surface area (Å²) in [4.78, 5) is 14.4. The van der Waals surface area contributed by atoms with E-state index in [0.29, 0.717) is 21.3 Å². The zero-order chi connectivity index (χ0) is 18.0. The van der Waals surface area contributed by atoms with Crippen LogP contribution in [-0.4, -0.2) is 15.1 Å². The normalized spacial score (nSPS) is 16.8. The van der Waals surface area contributed by atoms with E-state index in [1.54, 1.807) is 6.08 Å². The Morgan fingerprint density at radius 1 is 1.04 bits per heavy atom. The zero-order valence-corrected chi connectivity index (χ0v) is 14.4. The third-order valence-corrected chi connectivity index (χ3v) is 4.97. The standard InChI is InChI=1S/C18H12F3NOS2/c19-18(20,21)14-8-6-12(7-9-14)10-15-16(23)22(17(24)25-15)11-13-4-2-1-3-5-13/h1-10H,11H2/b15-10+. The number of thioether (sulfide) groups is 1. The molecule has 0 aromatic heterocycles. The van der Waals surface area contributed by atoms with Gasteiger partial charge in [0.2, 0.25) is 0 Å². The number of hydrogen-bond donors (Lipinski definition) is 0. The summed E-state index contributed by atoms with van der Waals surface area (Å²) in [6, 6.07) is 14.1. The molecule has 1 aliphatic rings. The predicted molar refractivity (Wildman–Crippen MR) is 96.6 cm³/mol. The van der Waals surface area contributed by atoms with Gasteiger partial charge in [-0.1, -0.05) is 66.4 Å². The second-order valence-corrected chi connectivity index (χ2v) is 7.05. The number of alkyl halides is 3. The highest BCUT2D eigenvalue weighted by Crippen LogP contribution is 2.34. The molecule has 0 N–H and O–H groups in total. The minimum Gasteiger partial charge on any atom is -0.288 e. The molecule has 0 aliphatic carbocycles. The number of rotatable bonds is 3. The summed E-state index contributed by atoms with van der Waals surface area (Å²) >= 11 is 6.41. The lowest BCUT2D eigenvalue weighted by molar-refractivity contribution is -0.137. The second kappa shape index (κ2) is 7.01. The molecule has 3 rings (SSSR count). The summed E-state index contributed by atoms with van der Waals surface area (Å²) < 4.78 is 38.2. The van der Waals surface area contributed by atoms with Gasteiger partial charge < -0.3 is 0 Å². The van der Waals surface area contributed by atoms with Gasteiger partial charge in [-0.25, -0.2) is 0 Å². The van der Waals surface area contributed by atoms with E-state index in [4.69, 9.17) is 12.2 Å². The Labute approximate surface area is 152 Å². The molecule has 1 heterocycles. The Morgan fingerprint density at radius 2 is 1.68 bits per heavy atom. The largest absolute Gasteiger partial charge is 0.416 e. The van der Waals surface area contributed by atoms with E-state index in [0.717, 1.165) is 29.5 Å². The van der Waals surface area contributed by atoms with Crippen molar-refractivity contribution in [1.82, 2.24) is 4.90 Å². The van der Waals surface area contributed by atoms with Crippen LogP contribution in [0.3, 0.4) is 0 Å². The van der Waals surface area contributed by atoms with E-state index in [1.807, 2.05) is 30.3 Å². The lowest BCUT2D eigenvalue weighted by Gasteiger charge is -2.14. The molecule has 0 bridgehead atoms. The molecule has 2 aromatic carbocycles. The van der Waals surface area contributed by atoms with E-state index < -0.39 is 11.7 Å². The maximum Gasteiger partial charge on any atom is 0.416 e. The lowest BCUT2D eigenvalue weighted by atomic mass is 10.1. The second-order valence-electron chi connectivity index (χ2n) is 5.37. The van der Waals surface area contributed by atoms with Crippen LogP contribution in [0.2, 0.25) is 0 Å². The van der Waals surface area contributed by atoms with Gasteiger partial charge in [0.05, 0.1) is 17.0 Å². The Balaban J connectivity index is 1.78. The van der Waals surface area contributed by atoms with E-state index in [-0.39, 0.29) is 5.91 Å². The smallest absolute Gasteiger partial charge is 0.288 e. The fourth-order valence-electron chi connectivity index (χ4n) is 2.32. The number of nitrogens with zero attached hydrogens (tertiary/aromatic N) is 1. The molecule has 1 amide bonds. The van der Waals surface area contributed by atoms with Crippen molar-refractivity contribution >= 4 is 40.3 Å².